The molecular weight excluding hydrogens is 283 g/mol. The van der Waals surface area contributed by atoms with E-state index in [0.717, 1.165) is 31.0 Å². The topological polar surface area (TPSA) is 3.24 Å². The van der Waals surface area contributed by atoms with Gasteiger partial charge in [0.25, 0.3) is 0 Å². The van der Waals surface area contributed by atoms with Crippen LogP contribution in [0.5, 0.6) is 0 Å². The van der Waals surface area contributed by atoms with E-state index in [1.165, 1.54) is 11.3 Å². The van der Waals surface area contributed by atoms with Crippen molar-refractivity contribution in [1.82, 2.24) is 4.90 Å². The summed E-state index contributed by atoms with van der Waals surface area (Å²) >= 11 is 3.47. The lowest BCUT2D eigenvalue weighted by molar-refractivity contribution is -0.146. The number of hydrogen-bond donors (Lipinski definition) is 0. The van der Waals surface area contributed by atoms with Crippen LogP contribution in [0.25, 0.3) is 0 Å². The van der Waals surface area contributed by atoms with E-state index in [-0.39, 0.29) is 5.41 Å². The molecule has 0 aromatic heterocycles. The van der Waals surface area contributed by atoms with Crippen LogP contribution in [0.3, 0.4) is 0 Å². The summed E-state index contributed by atoms with van der Waals surface area (Å²) in [5.41, 5.74) is 0.0538. The van der Waals surface area contributed by atoms with Crippen LogP contribution < -0.4 is 0 Å². The lowest BCUT2D eigenvalue weighted by atomic mass is 9.75. The maximum Gasteiger partial charge on any atom is 0.401 e. The maximum atomic E-state index is 12.2. The van der Waals surface area contributed by atoms with Gasteiger partial charge in [0.15, 0.2) is 0 Å². The summed E-state index contributed by atoms with van der Waals surface area (Å²) in [5.74, 6) is 0. The van der Waals surface area contributed by atoms with Gasteiger partial charge < -0.3 is 0 Å². The minimum Gasteiger partial charge on any atom is -0.298 e. The Morgan fingerprint density at radius 1 is 1.19 bits per heavy atom. The van der Waals surface area contributed by atoms with Crippen molar-refractivity contribution in [2.75, 3.05) is 25.5 Å². The molecule has 96 valence electrons. The van der Waals surface area contributed by atoms with Gasteiger partial charge in [-0.15, -0.1) is 0 Å². The Bertz CT molecular complexity index is 212. The molecule has 0 aliphatic heterocycles. The van der Waals surface area contributed by atoms with Gasteiger partial charge in [-0.05, 0) is 25.3 Å². The smallest absolute Gasteiger partial charge is 0.298 e. The molecule has 0 aromatic rings. The molecule has 1 rings (SSSR count). The lowest BCUT2D eigenvalue weighted by Gasteiger charge is -2.39. The van der Waals surface area contributed by atoms with Gasteiger partial charge in [-0.1, -0.05) is 35.2 Å². The summed E-state index contributed by atoms with van der Waals surface area (Å²) in [7, 11) is 1.56. The number of hydrogen-bond acceptors (Lipinski definition) is 1. The van der Waals surface area contributed by atoms with E-state index in [2.05, 4.69) is 15.9 Å². The molecule has 0 heterocycles. The lowest BCUT2D eigenvalue weighted by Crippen LogP contribution is -2.42. The van der Waals surface area contributed by atoms with Crippen molar-refractivity contribution < 1.29 is 13.2 Å². The van der Waals surface area contributed by atoms with Gasteiger partial charge in [-0.3, -0.25) is 4.90 Å². The quantitative estimate of drug-likeness (QED) is 0.714. The van der Waals surface area contributed by atoms with E-state index >= 15 is 0 Å². The van der Waals surface area contributed by atoms with Gasteiger partial charge >= 0.3 is 6.18 Å². The highest BCUT2D eigenvalue weighted by Crippen LogP contribution is 2.38. The van der Waals surface area contributed by atoms with Crippen LogP contribution in [0, 0.1) is 5.41 Å². The zero-order valence-electron chi connectivity index (χ0n) is 9.62. The van der Waals surface area contributed by atoms with E-state index in [9.17, 15) is 13.2 Å². The van der Waals surface area contributed by atoms with Gasteiger partial charge in [-0.2, -0.15) is 13.2 Å². The number of alkyl halides is 4. The number of halogens is 4. The van der Waals surface area contributed by atoms with Crippen LogP contribution in [-0.4, -0.2) is 36.5 Å². The molecule has 1 saturated carbocycles. The predicted molar refractivity (Wildman–Crippen MR) is 62.9 cm³/mol. The second kappa shape index (κ2) is 5.71. The Hall–Kier alpha value is 0.230. The minimum absolute atomic E-state index is 0.0538. The van der Waals surface area contributed by atoms with Gasteiger partial charge in [0, 0.05) is 11.9 Å². The maximum absolute atomic E-state index is 12.2. The molecule has 0 radical (unpaired) electrons. The highest BCUT2D eigenvalue weighted by atomic mass is 79.9. The van der Waals surface area contributed by atoms with Crippen molar-refractivity contribution in [2.24, 2.45) is 5.41 Å². The molecule has 0 spiro atoms. The van der Waals surface area contributed by atoms with Crippen molar-refractivity contribution >= 4 is 15.9 Å². The summed E-state index contributed by atoms with van der Waals surface area (Å²) in [6.45, 7) is -0.264. The molecule has 0 unspecified atom stereocenters. The summed E-state index contributed by atoms with van der Waals surface area (Å²) < 4.78 is 36.7. The summed E-state index contributed by atoms with van der Waals surface area (Å²) in [5, 5.41) is 0.808. The van der Waals surface area contributed by atoms with Crippen LogP contribution in [-0.2, 0) is 0 Å². The first kappa shape index (κ1) is 14.3. The summed E-state index contributed by atoms with van der Waals surface area (Å²) in [6, 6.07) is 0. The van der Waals surface area contributed by atoms with Crippen LogP contribution in [0.1, 0.15) is 32.1 Å². The molecule has 0 atom stereocenters. The molecule has 0 saturated heterocycles. The molecule has 16 heavy (non-hydrogen) atoms. The SMILES string of the molecule is CN(CC(F)(F)F)CC1(CBr)CCCCC1. The number of rotatable bonds is 4. The van der Waals surface area contributed by atoms with Crippen LogP contribution in [0.15, 0.2) is 0 Å². The average molecular weight is 302 g/mol. The Kier molecular flexibility index (Phi) is 5.10. The van der Waals surface area contributed by atoms with Gasteiger partial charge in [0.1, 0.15) is 0 Å². The van der Waals surface area contributed by atoms with Crippen LogP contribution in [0.4, 0.5) is 13.2 Å². The molecule has 0 amide bonds. The van der Waals surface area contributed by atoms with E-state index in [0.29, 0.717) is 6.54 Å². The Morgan fingerprint density at radius 3 is 2.19 bits per heavy atom. The largest absolute Gasteiger partial charge is 0.401 e. The monoisotopic (exact) mass is 301 g/mol. The second-order valence-corrected chi connectivity index (χ2v) is 5.54. The first-order valence-corrected chi connectivity index (χ1v) is 6.80. The van der Waals surface area contributed by atoms with Crippen molar-refractivity contribution in [3.8, 4) is 0 Å². The van der Waals surface area contributed by atoms with E-state index < -0.39 is 12.7 Å². The van der Waals surface area contributed by atoms with Crippen LogP contribution >= 0.6 is 15.9 Å². The molecular formula is C11H19BrF3N. The third-order valence-corrected chi connectivity index (χ3v) is 4.44. The first-order chi connectivity index (χ1) is 7.37. The van der Waals surface area contributed by atoms with E-state index in [4.69, 9.17) is 0 Å². The molecule has 0 bridgehead atoms. The highest BCUT2D eigenvalue weighted by molar-refractivity contribution is 9.09. The van der Waals surface area contributed by atoms with Crippen molar-refractivity contribution in [2.45, 2.75) is 38.3 Å². The second-order valence-electron chi connectivity index (χ2n) is 4.98. The standard InChI is InChI=1S/C11H19BrF3N/c1-16(9-11(13,14)15)8-10(7-12)5-3-2-4-6-10/h2-9H2,1H3. The van der Waals surface area contributed by atoms with Gasteiger partial charge in [-0.25, -0.2) is 0 Å². The Labute approximate surface area is 104 Å². The minimum atomic E-state index is -4.09. The zero-order valence-corrected chi connectivity index (χ0v) is 11.2. The normalized spacial score (nSPS) is 21.4. The molecule has 1 nitrogen and oxygen atoms in total. The molecule has 0 N–H and O–H groups in total. The van der Waals surface area contributed by atoms with Gasteiger partial charge in [0.05, 0.1) is 6.54 Å². The van der Waals surface area contributed by atoms with E-state index in [1.807, 2.05) is 0 Å². The zero-order chi connectivity index (χ0) is 12.2. The fourth-order valence-electron chi connectivity index (χ4n) is 2.57. The third-order valence-electron chi connectivity index (χ3n) is 3.25. The number of nitrogens with zero attached hydrogens (tertiary/aromatic N) is 1. The van der Waals surface area contributed by atoms with E-state index in [1.54, 1.807) is 7.05 Å². The van der Waals surface area contributed by atoms with Crippen molar-refractivity contribution in [3.05, 3.63) is 0 Å². The highest BCUT2D eigenvalue weighted by Gasteiger charge is 2.35. The van der Waals surface area contributed by atoms with Gasteiger partial charge in [0.2, 0.25) is 0 Å². The fourth-order valence-corrected chi connectivity index (χ4v) is 3.31. The summed E-state index contributed by atoms with van der Waals surface area (Å²) in [4.78, 5) is 1.41. The van der Waals surface area contributed by atoms with Crippen molar-refractivity contribution in [3.63, 3.8) is 0 Å². The first-order valence-electron chi connectivity index (χ1n) is 5.68. The predicted octanol–water partition coefficient (Wildman–Crippen LogP) is 3.83. The fraction of sp³-hybridized carbons (Fsp3) is 1.00. The average Bonchev–Trinajstić information content (AvgIpc) is 2.16. The summed E-state index contributed by atoms with van der Waals surface area (Å²) in [6.07, 6.45) is 1.51. The molecule has 5 heteroatoms. The third kappa shape index (κ3) is 4.62. The van der Waals surface area contributed by atoms with Crippen LogP contribution in [0.2, 0.25) is 0 Å². The Balaban J connectivity index is 2.48. The molecule has 1 aliphatic rings. The van der Waals surface area contributed by atoms with Crippen molar-refractivity contribution in [1.29, 1.82) is 0 Å². The molecule has 1 fully saturated rings. The Morgan fingerprint density at radius 2 is 1.75 bits per heavy atom. The molecule has 1 aliphatic carbocycles. The molecule has 0 aromatic carbocycles.